The van der Waals surface area contributed by atoms with Gasteiger partial charge in [-0.2, -0.15) is 0 Å². The van der Waals surface area contributed by atoms with Crippen LogP contribution in [0.5, 0.6) is 0 Å². The van der Waals surface area contributed by atoms with Gasteiger partial charge in [-0.05, 0) is 36.8 Å². The Bertz CT molecular complexity index is 493. The molecule has 1 aromatic rings. The minimum Gasteiger partial charge on any atom is -0.339 e. The number of rotatable bonds is 3. The summed E-state index contributed by atoms with van der Waals surface area (Å²) in [6.45, 7) is 8.23. The summed E-state index contributed by atoms with van der Waals surface area (Å²) >= 11 is 6.00. The zero-order chi connectivity index (χ0) is 14.8. The quantitative estimate of drug-likeness (QED) is 0.791. The number of carbonyl (C=O) groups excluding carboxylic acids is 1. The van der Waals surface area contributed by atoms with Crippen molar-refractivity contribution in [3.05, 3.63) is 28.5 Å². The van der Waals surface area contributed by atoms with Crippen molar-refractivity contribution in [1.29, 1.82) is 0 Å². The SMILES string of the molecule is CCc1cc(C(=O)N2CCC(C)(CC)CC2)cc(Cl)n1. The molecule has 1 amide bonds. The Morgan fingerprint density at radius 2 is 2.00 bits per heavy atom. The second kappa shape index (κ2) is 6.13. The van der Waals surface area contributed by atoms with Crippen LogP contribution in [-0.2, 0) is 6.42 Å². The first kappa shape index (κ1) is 15.3. The first-order valence-electron chi connectivity index (χ1n) is 7.43. The van der Waals surface area contributed by atoms with Crippen LogP contribution in [0, 0.1) is 5.41 Å². The van der Waals surface area contributed by atoms with E-state index in [1.807, 2.05) is 17.9 Å². The van der Waals surface area contributed by atoms with Gasteiger partial charge in [-0.15, -0.1) is 0 Å². The van der Waals surface area contributed by atoms with Gasteiger partial charge in [0.25, 0.3) is 5.91 Å². The average molecular weight is 295 g/mol. The van der Waals surface area contributed by atoms with Crippen LogP contribution in [0.2, 0.25) is 5.15 Å². The number of halogens is 1. The zero-order valence-corrected chi connectivity index (χ0v) is 13.3. The molecule has 4 heteroatoms. The smallest absolute Gasteiger partial charge is 0.254 e. The lowest BCUT2D eigenvalue weighted by atomic mass is 9.78. The van der Waals surface area contributed by atoms with Gasteiger partial charge in [0.1, 0.15) is 5.15 Å². The maximum Gasteiger partial charge on any atom is 0.254 e. The normalized spacial score (nSPS) is 18.1. The van der Waals surface area contributed by atoms with Crippen molar-refractivity contribution in [2.75, 3.05) is 13.1 Å². The molecule has 0 aliphatic carbocycles. The molecule has 0 N–H and O–H groups in total. The molecule has 0 atom stereocenters. The fourth-order valence-electron chi connectivity index (χ4n) is 2.64. The molecule has 1 saturated heterocycles. The molecule has 1 aliphatic heterocycles. The number of carbonyl (C=O) groups is 1. The van der Waals surface area contributed by atoms with E-state index in [0.717, 1.165) is 38.0 Å². The maximum absolute atomic E-state index is 12.6. The van der Waals surface area contributed by atoms with Crippen LogP contribution in [0.4, 0.5) is 0 Å². The van der Waals surface area contributed by atoms with Crippen LogP contribution < -0.4 is 0 Å². The molecule has 0 saturated carbocycles. The summed E-state index contributed by atoms with van der Waals surface area (Å²) in [6.07, 6.45) is 4.12. The van der Waals surface area contributed by atoms with E-state index in [0.29, 0.717) is 16.1 Å². The lowest BCUT2D eigenvalue weighted by Gasteiger charge is -2.39. The average Bonchev–Trinajstić information content (AvgIpc) is 2.46. The number of hydrogen-bond acceptors (Lipinski definition) is 2. The predicted molar refractivity (Wildman–Crippen MR) is 82.2 cm³/mol. The molecule has 0 aromatic carbocycles. The second-order valence-electron chi connectivity index (χ2n) is 5.98. The number of amides is 1. The molecule has 2 heterocycles. The Morgan fingerprint density at radius 1 is 1.35 bits per heavy atom. The number of aromatic nitrogens is 1. The zero-order valence-electron chi connectivity index (χ0n) is 12.6. The lowest BCUT2D eigenvalue weighted by molar-refractivity contribution is 0.0600. The van der Waals surface area contributed by atoms with Gasteiger partial charge < -0.3 is 4.90 Å². The van der Waals surface area contributed by atoms with E-state index in [1.165, 1.54) is 6.42 Å². The minimum absolute atomic E-state index is 0.0853. The third-order valence-corrected chi connectivity index (χ3v) is 4.76. The minimum atomic E-state index is 0.0853. The van der Waals surface area contributed by atoms with Crippen molar-refractivity contribution in [3.8, 4) is 0 Å². The molecule has 1 aliphatic rings. The van der Waals surface area contributed by atoms with E-state index in [1.54, 1.807) is 6.07 Å². The van der Waals surface area contributed by atoms with E-state index >= 15 is 0 Å². The summed E-state index contributed by atoms with van der Waals surface area (Å²) < 4.78 is 0. The third-order valence-electron chi connectivity index (χ3n) is 4.57. The van der Waals surface area contributed by atoms with Gasteiger partial charge >= 0.3 is 0 Å². The molecular weight excluding hydrogens is 272 g/mol. The third kappa shape index (κ3) is 3.32. The fourth-order valence-corrected chi connectivity index (χ4v) is 2.87. The summed E-state index contributed by atoms with van der Waals surface area (Å²) in [7, 11) is 0. The summed E-state index contributed by atoms with van der Waals surface area (Å²) in [5.74, 6) is 0.0853. The highest BCUT2D eigenvalue weighted by molar-refractivity contribution is 6.29. The van der Waals surface area contributed by atoms with Gasteiger partial charge in [-0.3, -0.25) is 4.79 Å². The molecule has 110 valence electrons. The Balaban J connectivity index is 2.11. The predicted octanol–water partition coefficient (Wildman–Crippen LogP) is 3.95. The molecule has 2 rings (SSSR count). The van der Waals surface area contributed by atoms with Crippen molar-refractivity contribution in [1.82, 2.24) is 9.88 Å². The van der Waals surface area contributed by atoms with Crippen molar-refractivity contribution >= 4 is 17.5 Å². The fraction of sp³-hybridized carbons (Fsp3) is 0.625. The number of hydrogen-bond donors (Lipinski definition) is 0. The molecule has 3 nitrogen and oxygen atoms in total. The first-order valence-corrected chi connectivity index (χ1v) is 7.81. The van der Waals surface area contributed by atoms with Crippen molar-refractivity contribution in [3.63, 3.8) is 0 Å². The van der Waals surface area contributed by atoms with Crippen LogP contribution in [-0.4, -0.2) is 28.9 Å². The summed E-state index contributed by atoms with van der Waals surface area (Å²) in [5, 5.41) is 0.406. The van der Waals surface area contributed by atoms with Gasteiger partial charge in [0.15, 0.2) is 0 Å². The van der Waals surface area contributed by atoms with Crippen LogP contribution in [0.25, 0.3) is 0 Å². The van der Waals surface area contributed by atoms with Gasteiger partial charge in [0.2, 0.25) is 0 Å². The van der Waals surface area contributed by atoms with Crippen LogP contribution in [0.3, 0.4) is 0 Å². The van der Waals surface area contributed by atoms with Crippen molar-refractivity contribution in [2.24, 2.45) is 5.41 Å². The summed E-state index contributed by atoms with van der Waals surface area (Å²) in [6, 6.07) is 3.54. The highest BCUT2D eigenvalue weighted by atomic mass is 35.5. The van der Waals surface area contributed by atoms with E-state index < -0.39 is 0 Å². The molecule has 1 fully saturated rings. The Kier molecular flexibility index (Phi) is 4.69. The van der Waals surface area contributed by atoms with Gasteiger partial charge in [0, 0.05) is 24.3 Å². The highest BCUT2D eigenvalue weighted by Crippen LogP contribution is 2.34. The van der Waals surface area contributed by atoms with Crippen LogP contribution in [0.1, 0.15) is 56.1 Å². The standard InChI is InChI=1S/C16H23ClN2O/c1-4-13-10-12(11-14(17)18-13)15(20)19-8-6-16(3,5-2)7-9-19/h10-11H,4-9H2,1-3H3. The molecular formula is C16H23ClN2O. The van der Waals surface area contributed by atoms with E-state index in [-0.39, 0.29) is 5.91 Å². The first-order chi connectivity index (χ1) is 9.47. The number of nitrogens with zero attached hydrogens (tertiary/aromatic N) is 2. The molecule has 20 heavy (non-hydrogen) atoms. The molecule has 0 bridgehead atoms. The van der Waals surface area contributed by atoms with Gasteiger partial charge in [-0.1, -0.05) is 38.8 Å². The van der Waals surface area contributed by atoms with Gasteiger partial charge in [-0.25, -0.2) is 4.98 Å². The van der Waals surface area contributed by atoms with Crippen LogP contribution >= 0.6 is 11.6 Å². The number of pyridine rings is 1. The number of likely N-dealkylation sites (tertiary alicyclic amines) is 1. The van der Waals surface area contributed by atoms with Gasteiger partial charge in [0.05, 0.1) is 0 Å². The number of piperidine rings is 1. The summed E-state index contributed by atoms with van der Waals surface area (Å²) in [5.41, 5.74) is 1.93. The van der Waals surface area contributed by atoms with Crippen LogP contribution in [0.15, 0.2) is 12.1 Å². The Hall–Kier alpha value is -1.09. The van der Waals surface area contributed by atoms with E-state index in [9.17, 15) is 4.79 Å². The molecule has 0 unspecified atom stereocenters. The second-order valence-corrected chi connectivity index (χ2v) is 6.37. The van der Waals surface area contributed by atoms with E-state index in [4.69, 9.17) is 11.6 Å². The Morgan fingerprint density at radius 3 is 2.55 bits per heavy atom. The lowest BCUT2D eigenvalue weighted by Crippen LogP contribution is -2.42. The maximum atomic E-state index is 12.6. The monoisotopic (exact) mass is 294 g/mol. The highest BCUT2D eigenvalue weighted by Gasteiger charge is 2.30. The Labute approximate surface area is 126 Å². The molecule has 1 aromatic heterocycles. The van der Waals surface area contributed by atoms with Crippen molar-refractivity contribution in [2.45, 2.75) is 46.5 Å². The summed E-state index contributed by atoms with van der Waals surface area (Å²) in [4.78, 5) is 18.7. The molecule has 0 spiro atoms. The molecule has 0 radical (unpaired) electrons. The topological polar surface area (TPSA) is 33.2 Å². The van der Waals surface area contributed by atoms with E-state index in [2.05, 4.69) is 18.8 Å². The number of aryl methyl sites for hydroxylation is 1. The van der Waals surface area contributed by atoms with Crippen molar-refractivity contribution < 1.29 is 4.79 Å². The largest absolute Gasteiger partial charge is 0.339 e.